The van der Waals surface area contributed by atoms with Gasteiger partial charge in [-0.1, -0.05) is 6.92 Å². The van der Waals surface area contributed by atoms with E-state index in [1.165, 1.54) is 0 Å². The van der Waals surface area contributed by atoms with Crippen LogP contribution in [0.15, 0.2) is 0 Å². The Kier molecular flexibility index (Phi) is 1.92. The van der Waals surface area contributed by atoms with E-state index in [0.29, 0.717) is 0 Å². The van der Waals surface area contributed by atoms with Gasteiger partial charge in [0, 0.05) is 5.54 Å². The third-order valence-corrected chi connectivity index (χ3v) is 2.95. The van der Waals surface area contributed by atoms with E-state index >= 15 is 0 Å². The number of aliphatic carboxylic acids is 1. The molecule has 0 saturated heterocycles. The predicted octanol–water partition coefficient (Wildman–Crippen LogP) is 0.835. The lowest BCUT2D eigenvalue weighted by atomic mass is 9.87. The van der Waals surface area contributed by atoms with Crippen molar-refractivity contribution in [2.45, 2.75) is 32.2 Å². The summed E-state index contributed by atoms with van der Waals surface area (Å²) < 4.78 is 0. The van der Waals surface area contributed by atoms with E-state index < -0.39 is 5.97 Å². The molecule has 1 fully saturated rings. The van der Waals surface area contributed by atoms with Crippen molar-refractivity contribution in [2.24, 2.45) is 17.6 Å². The topological polar surface area (TPSA) is 63.3 Å². The molecule has 0 bridgehead atoms. The quantitative estimate of drug-likeness (QED) is 0.592. The Bertz CT molecular complexity index is 177. The van der Waals surface area contributed by atoms with Crippen molar-refractivity contribution < 1.29 is 9.90 Å². The molecule has 0 radical (unpaired) electrons. The number of carboxylic acid groups (broad SMARTS) is 1. The molecule has 0 heterocycles. The van der Waals surface area contributed by atoms with Gasteiger partial charge in [-0.25, -0.2) is 0 Å². The molecule has 0 aromatic carbocycles. The molecule has 0 amide bonds. The maximum absolute atomic E-state index is 10.6. The molecule has 3 nitrogen and oxygen atoms in total. The van der Waals surface area contributed by atoms with Gasteiger partial charge in [0.25, 0.3) is 0 Å². The van der Waals surface area contributed by atoms with Crippen LogP contribution in [-0.2, 0) is 4.79 Å². The summed E-state index contributed by atoms with van der Waals surface area (Å²) >= 11 is 0. The first-order chi connectivity index (χ1) is 4.95. The largest absolute Gasteiger partial charge is 0.481 e. The fourth-order valence-electron chi connectivity index (χ4n) is 1.74. The molecule has 0 aromatic heterocycles. The molecule has 64 valence electrons. The van der Waals surface area contributed by atoms with Crippen LogP contribution in [0.1, 0.15) is 26.7 Å². The smallest absolute Gasteiger partial charge is 0.306 e. The second-order valence-electron chi connectivity index (χ2n) is 3.78. The van der Waals surface area contributed by atoms with Crippen molar-refractivity contribution in [3.05, 3.63) is 0 Å². The summed E-state index contributed by atoms with van der Waals surface area (Å²) in [4.78, 5) is 10.6. The number of rotatable bonds is 1. The van der Waals surface area contributed by atoms with Crippen LogP contribution >= 0.6 is 0 Å². The van der Waals surface area contributed by atoms with E-state index in [9.17, 15) is 4.79 Å². The second kappa shape index (κ2) is 2.48. The minimum atomic E-state index is -0.702. The SMILES string of the molecule is CC1C(C(=O)O)CCC1(C)N. The van der Waals surface area contributed by atoms with Gasteiger partial charge in [0.15, 0.2) is 0 Å². The van der Waals surface area contributed by atoms with Gasteiger partial charge in [0.05, 0.1) is 5.92 Å². The summed E-state index contributed by atoms with van der Waals surface area (Å²) in [6, 6.07) is 0. The van der Waals surface area contributed by atoms with Crippen LogP contribution in [0.3, 0.4) is 0 Å². The minimum Gasteiger partial charge on any atom is -0.481 e. The van der Waals surface area contributed by atoms with E-state index in [1.54, 1.807) is 0 Å². The maximum Gasteiger partial charge on any atom is 0.306 e. The van der Waals surface area contributed by atoms with Crippen LogP contribution in [0.2, 0.25) is 0 Å². The molecule has 3 atom stereocenters. The fourth-order valence-corrected chi connectivity index (χ4v) is 1.74. The Morgan fingerprint density at radius 2 is 2.27 bits per heavy atom. The highest BCUT2D eigenvalue weighted by Crippen LogP contribution is 2.37. The van der Waals surface area contributed by atoms with Gasteiger partial charge in [-0.3, -0.25) is 4.79 Å². The predicted molar refractivity (Wildman–Crippen MR) is 42.1 cm³/mol. The average Bonchev–Trinajstić information content (AvgIpc) is 2.09. The van der Waals surface area contributed by atoms with E-state index in [-0.39, 0.29) is 17.4 Å². The summed E-state index contributed by atoms with van der Waals surface area (Å²) in [6.07, 6.45) is 1.55. The Morgan fingerprint density at radius 1 is 1.73 bits per heavy atom. The number of hydrogen-bond donors (Lipinski definition) is 2. The molecular weight excluding hydrogens is 142 g/mol. The minimum absolute atomic E-state index is 0.0972. The number of carbonyl (C=O) groups is 1. The molecule has 1 saturated carbocycles. The van der Waals surface area contributed by atoms with Crippen LogP contribution in [0.25, 0.3) is 0 Å². The number of carboxylic acids is 1. The normalized spacial score (nSPS) is 44.3. The average molecular weight is 157 g/mol. The highest BCUT2D eigenvalue weighted by atomic mass is 16.4. The lowest BCUT2D eigenvalue weighted by Crippen LogP contribution is -2.41. The van der Waals surface area contributed by atoms with Crippen molar-refractivity contribution in [1.82, 2.24) is 0 Å². The molecule has 1 rings (SSSR count). The van der Waals surface area contributed by atoms with Gasteiger partial charge < -0.3 is 10.8 Å². The lowest BCUT2D eigenvalue weighted by Gasteiger charge is -2.25. The summed E-state index contributed by atoms with van der Waals surface area (Å²) in [5.41, 5.74) is 5.61. The highest BCUT2D eigenvalue weighted by Gasteiger charge is 2.42. The molecule has 3 heteroatoms. The van der Waals surface area contributed by atoms with Crippen LogP contribution in [0, 0.1) is 11.8 Å². The van der Waals surface area contributed by atoms with Crippen molar-refractivity contribution in [3.8, 4) is 0 Å². The molecule has 0 aromatic rings. The molecule has 3 unspecified atom stereocenters. The zero-order valence-electron chi connectivity index (χ0n) is 7.00. The Hall–Kier alpha value is -0.570. The third kappa shape index (κ3) is 1.38. The Morgan fingerprint density at radius 3 is 2.45 bits per heavy atom. The van der Waals surface area contributed by atoms with Crippen LogP contribution in [0.4, 0.5) is 0 Å². The van der Waals surface area contributed by atoms with Crippen LogP contribution < -0.4 is 5.73 Å². The van der Waals surface area contributed by atoms with Gasteiger partial charge in [-0.2, -0.15) is 0 Å². The Balaban J connectivity index is 2.71. The van der Waals surface area contributed by atoms with Crippen LogP contribution in [0.5, 0.6) is 0 Å². The molecule has 0 spiro atoms. The molecule has 11 heavy (non-hydrogen) atoms. The van der Waals surface area contributed by atoms with Gasteiger partial charge >= 0.3 is 5.97 Å². The monoisotopic (exact) mass is 157 g/mol. The summed E-state index contributed by atoms with van der Waals surface area (Å²) in [5.74, 6) is -0.836. The first-order valence-electron chi connectivity index (χ1n) is 3.97. The van der Waals surface area contributed by atoms with Crippen molar-refractivity contribution in [2.75, 3.05) is 0 Å². The van der Waals surface area contributed by atoms with Gasteiger partial charge in [-0.05, 0) is 25.7 Å². The molecule has 0 aliphatic heterocycles. The van der Waals surface area contributed by atoms with Gasteiger partial charge in [-0.15, -0.1) is 0 Å². The summed E-state index contributed by atoms with van der Waals surface area (Å²) in [7, 11) is 0. The van der Waals surface area contributed by atoms with E-state index in [4.69, 9.17) is 10.8 Å². The zero-order chi connectivity index (χ0) is 8.65. The zero-order valence-corrected chi connectivity index (χ0v) is 7.00. The molecule has 1 aliphatic rings. The molecular formula is C8H15NO2. The first-order valence-corrected chi connectivity index (χ1v) is 3.97. The lowest BCUT2D eigenvalue weighted by molar-refractivity contribution is -0.143. The summed E-state index contributed by atoms with van der Waals surface area (Å²) in [6.45, 7) is 3.85. The highest BCUT2D eigenvalue weighted by molar-refractivity contribution is 5.71. The van der Waals surface area contributed by atoms with E-state index in [1.807, 2.05) is 13.8 Å². The standard InChI is InChI=1S/C8H15NO2/c1-5-6(7(10)11)3-4-8(5,2)9/h5-6H,3-4,9H2,1-2H3,(H,10,11). The second-order valence-corrected chi connectivity index (χ2v) is 3.78. The van der Waals surface area contributed by atoms with Crippen molar-refractivity contribution in [1.29, 1.82) is 0 Å². The molecule has 1 aliphatic carbocycles. The fraction of sp³-hybridized carbons (Fsp3) is 0.875. The van der Waals surface area contributed by atoms with E-state index in [0.717, 1.165) is 12.8 Å². The van der Waals surface area contributed by atoms with E-state index in [2.05, 4.69) is 0 Å². The Labute approximate surface area is 66.6 Å². The number of hydrogen-bond acceptors (Lipinski definition) is 2. The van der Waals surface area contributed by atoms with Gasteiger partial charge in [0.2, 0.25) is 0 Å². The summed E-state index contributed by atoms with van der Waals surface area (Å²) in [5, 5.41) is 8.76. The molecule has 3 N–H and O–H groups in total. The first kappa shape index (κ1) is 8.53. The third-order valence-electron chi connectivity index (χ3n) is 2.95. The van der Waals surface area contributed by atoms with Gasteiger partial charge in [0.1, 0.15) is 0 Å². The number of nitrogens with two attached hydrogens (primary N) is 1. The van der Waals surface area contributed by atoms with Crippen molar-refractivity contribution >= 4 is 5.97 Å². The maximum atomic E-state index is 10.6. The van der Waals surface area contributed by atoms with Crippen LogP contribution in [-0.4, -0.2) is 16.6 Å². The van der Waals surface area contributed by atoms with Crippen molar-refractivity contribution in [3.63, 3.8) is 0 Å².